The highest BCUT2D eigenvalue weighted by Gasteiger charge is 2.45. The van der Waals surface area contributed by atoms with Crippen LogP contribution in [-0.2, 0) is 10.0 Å². The second-order valence-electron chi connectivity index (χ2n) is 5.85. The van der Waals surface area contributed by atoms with Crippen molar-refractivity contribution in [3.8, 4) is 0 Å². The topological polar surface area (TPSA) is 63.4 Å². The van der Waals surface area contributed by atoms with Gasteiger partial charge in [0.2, 0.25) is 10.0 Å². The van der Waals surface area contributed by atoms with Gasteiger partial charge in [0.05, 0.1) is 5.69 Å². The van der Waals surface area contributed by atoms with Crippen LogP contribution in [0.3, 0.4) is 0 Å². The van der Waals surface area contributed by atoms with Gasteiger partial charge in [0.25, 0.3) is 0 Å². The summed E-state index contributed by atoms with van der Waals surface area (Å²) in [5.74, 6) is 0.547. The Labute approximate surface area is 114 Å². The first-order chi connectivity index (χ1) is 8.91. The smallest absolute Gasteiger partial charge is 0.245 e. The molecule has 3 rings (SSSR count). The maximum atomic E-state index is 12.9. The van der Waals surface area contributed by atoms with E-state index < -0.39 is 10.0 Å². The van der Waals surface area contributed by atoms with E-state index in [9.17, 15) is 8.42 Å². The highest BCUT2D eigenvalue weighted by Crippen LogP contribution is 2.42. The van der Waals surface area contributed by atoms with Gasteiger partial charge in [-0.1, -0.05) is 12.1 Å². The van der Waals surface area contributed by atoms with Crippen molar-refractivity contribution >= 4 is 15.7 Å². The molecule has 2 aliphatic rings. The number of hydrogen-bond acceptors (Lipinski definition) is 3. The standard InChI is InChI=1S/C14H20N2O2S/c1-9-3-4-10(2)14(13(9)15)19(17,18)16-8-11-5-6-12(16)7-11/h3-4,11-12H,5-8,15H2,1-2H3. The van der Waals surface area contributed by atoms with Crippen LogP contribution in [0.2, 0.25) is 0 Å². The minimum absolute atomic E-state index is 0.189. The van der Waals surface area contributed by atoms with Crippen LogP contribution >= 0.6 is 0 Å². The Bertz CT molecular complexity index is 625. The van der Waals surface area contributed by atoms with Crippen LogP contribution in [-0.4, -0.2) is 25.3 Å². The minimum atomic E-state index is -3.45. The fraction of sp³-hybridized carbons (Fsp3) is 0.571. The lowest BCUT2D eigenvalue weighted by Gasteiger charge is -2.27. The van der Waals surface area contributed by atoms with Crippen LogP contribution in [0.5, 0.6) is 0 Å². The number of aryl methyl sites for hydroxylation is 2. The highest BCUT2D eigenvalue weighted by molar-refractivity contribution is 7.89. The van der Waals surface area contributed by atoms with Crippen molar-refractivity contribution in [1.29, 1.82) is 0 Å². The maximum absolute atomic E-state index is 12.9. The second-order valence-corrected chi connectivity index (χ2v) is 7.68. The number of benzene rings is 1. The SMILES string of the molecule is Cc1ccc(C)c(S(=O)(=O)N2CC3CCC2C3)c1N. The molecule has 5 heteroatoms. The monoisotopic (exact) mass is 280 g/mol. The Morgan fingerprint density at radius 2 is 1.89 bits per heavy atom. The number of piperidine rings is 1. The van der Waals surface area contributed by atoms with E-state index in [2.05, 4.69) is 0 Å². The van der Waals surface area contributed by atoms with Crippen LogP contribution in [0.15, 0.2) is 17.0 Å². The third-order valence-corrected chi connectivity index (χ3v) is 6.66. The number of fused-ring (bicyclic) bond motifs is 2. The van der Waals surface area contributed by atoms with Gasteiger partial charge in [0.15, 0.2) is 0 Å². The Morgan fingerprint density at radius 3 is 2.47 bits per heavy atom. The number of sulfonamides is 1. The van der Waals surface area contributed by atoms with E-state index in [4.69, 9.17) is 5.73 Å². The number of nitrogens with two attached hydrogens (primary N) is 1. The lowest BCUT2D eigenvalue weighted by molar-refractivity contribution is 0.333. The lowest BCUT2D eigenvalue weighted by Crippen LogP contribution is -2.38. The summed E-state index contributed by atoms with van der Waals surface area (Å²) < 4.78 is 27.4. The zero-order valence-corrected chi connectivity index (χ0v) is 12.2. The molecule has 0 radical (unpaired) electrons. The van der Waals surface area contributed by atoms with Crippen molar-refractivity contribution in [1.82, 2.24) is 4.31 Å². The Morgan fingerprint density at radius 1 is 1.21 bits per heavy atom. The molecule has 0 spiro atoms. The van der Waals surface area contributed by atoms with E-state index in [1.54, 1.807) is 4.31 Å². The molecular weight excluding hydrogens is 260 g/mol. The molecule has 2 N–H and O–H groups in total. The van der Waals surface area contributed by atoms with Crippen molar-refractivity contribution < 1.29 is 8.42 Å². The van der Waals surface area contributed by atoms with Crippen molar-refractivity contribution in [2.75, 3.05) is 12.3 Å². The minimum Gasteiger partial charge on any atom is -0.397 e. The molecule has 1 aromatic rings. The molecule has 2 fully saturated rings. The third-order valence-electron chi connectivity index (χ3n) is 4.54. The first-order valence-electron chi connectivity index (χ1n) is 6.79. The normalized spacial score (nSPS) is 27.1. The molecule has 0 amide bonds. The summed E-state index contributed by atoms with van der Waals surface area (Å²) in [6, 6.07) is 3.90. The first-order valence-corrected chi connectivity index (χ1v) is 8.23. The third kappa shape index (κ3) is 1.87. The molecule has 2 bridgehead atoms. The van der Waals surface area contributed by atoms with Gasteiger partial charge in [0, 0.05) is 12.6 Å². The van der Waals surface area contributed by atoms with Gasteiger partial charge >= 0.3 is 0 Å². The van der Waals surface area contributed by atoms with Gasteiger partial charge in [-0.05, 0) is 50.2 Å². The van der Waals surface area contributed by atoms with Crippen LogP contribution in [0.4, 0.5) is 5.69 Å². The van der Waals surface area contributed by atoms with Gasteiger partial charge in [-0.25, -0.2) is 8.42 Å². The summed E-state index contributed by atoms with van der Waals surface area (Å²) >= 11 is 0. The number of nitrogen functional groups attached to an aromatic ring is 1. The molecule has 1 saturated carbocycles. The van der Waals surface area contributed by atoms with Gasteiger partial charge in [-0.3, -0.25) is 0 Å². The maximum Gasteiger partial charge on any atom is 0.245 e. The van der Waals surface area contributed by atoms with Crippen molar-refractivity contribution in [2.45, 2.75) is 44.0 Å². The lowest BCUT2D eigenvalue weighted by atomic mass is 10.1. The second kappa shape index (κ2) is 4.21. The molecular formula is C14H20N2O2S. The van der Waals surface area contributed by atoms with Crippen molar-refractivity contribution in [3.63, 3.8) is 0 Å². The van der Waals surface area contributed by atoms with Crippen LogP contribution in [0.25, 0.3) is 0 Å². The van der Waals surface area contributed by atoms with Crippen molar-refractivity contribution in [3.05, 3.63) is 23.3 Å². The van der Waals surface area contributed by atoms with E-state index in [0.29, 0.717) is 23.0 Å². The summed E-state index contributed by atoms with van der Waals surface area (Å²) in [6.07, 6.45) is 3.18. The molecule has 19 heavy (non-hydrogen) atoms. The first kappa shape index (κ1) is 12.9. The van der Waals surface area contributed by atoms with Crippen LogP contribution in [0.1, 0.15) is 30.4 Å². The van der Waals surface area contributed by atoms with Gasteiger partial charge in [-0.2, -0.15) is 4.31 Å². The quantitative estimate of drug-likeness (QED) is 0.843. The zero-order chi connectivity index (χ0) is 13.8. The summed E-state index contributed by atoms with van der Waals surface area (Å²) in [5, 5.41) is 0. The molecule has 1 heterocycles. The molecule has 104 valence electrons. The molecule has 1 aliphatic heterocycles. The highest BCUT2D eigenvalue weighted by atomic mass is 32.2. The van der Waals surface area contributed by atoms with E-state index in [1.807, 2.05) is 26.0 Å². The van der Waals surface area contributed by atoms with Gasteiger partial charge < -0.3 is 5.73 Å². The summed E-state index contributed by atoms with van der Waals surface area (Å²) in [7, 11) is -3.45. The molecule has 1 aliphatic carbocycles. The Hall–Kier alpha value is -1.07. The van der Waals surface area contributed by atoms with Gasteiger partial charge in [0.1, 0.15) is 4.90 Å². The average Bonchev–Trinajstić information content (AvgIpc) is 2.96. The summed E-state index contributed by atoms with van der Waals surface area (Å²) in [5.41, 5.74) is 8.00. The fourth-order valence-corrected chi connectivity index (χ4v) is 5.58. The van der Waals surface area contributed by atoms with Crippen LogP contribution < -0.4 is 5.73 Å². The largest absolute Gasteiger partial charge is 0.397 e. The Kier molecular flexibility index (Phi) is 2.87. The predicted molar refractivity (Wildman–Crippen MR) is 75.3 cm³/mol. The number of hydrogen-bond donors (Lipinski definition) is 1. The zero-order valence-electron chi connectivity index (χ0n) is 11.4. The molecule has 0 aromatic heterocycles. The number of rotatable bonds is 2. The van der Waals surface area contributed by atoms with E-state index in [1.165, 1.54) is 6.42 Å². The van der Waals surface area contributed by atoms with E-state index in [-0.39, 0.29) is 6.04 Å². The molecule has 4 nitrogen and oxygen atoms in total. The summed E-state index contributed by atoms with van der Waals surface area (Å²) in [6.45, 7) is 4.33. The van der Waals surface area contributed by atoms with E-state index >= 15 is 0 Å². The van der Waals surface area contributed by atoms with Gasteiger partial charge in [-0.15, -0.1) is 0 Å². The van der Waals surface area contributed by atoms with Crippen LogP contribution in [0, 0.1) is 19.8 Å². The molecule has 1 aromatic carbocycles. The Balaban J connectivity index is 2.09. The summed E-state index contributed by atoms with van der Waals surface area (Å²) in [4.78, 5) is 0.319. The fourth-order valence-electron chi connectivity index (χ4n) is 3.44. The van der Waals surface area contributed by atoms with Crippen molar-refractivity contribution in [2.24, 2.45) is 5.92 Å². The van der Waals surface area contributed by atoms with E-state index in [0.717, 1.165) is 24.0 Å². The number of nitrogens with zero attached hydrogens (tertiary/aromatic N) is 1. The molecule has 1 saturated heterocycles. The average molecular weight is 280 g/mol. The molecule has 2 atom stereocenters. The molecule has 2 unspecified atom stereocenters. The number of anilines is 1. The predicted octanol–water partition coefficient (Wildman–Crippen LogP) is 2.06.